The minimum absolute atomic E-state index is 0.0104. The molecule has 0 radical (unpaired) electrons. The standard InChI is InChI=1S/C38H52N2O6/c1-23(41)46-30-14-15-36(6)29(33(30,2)3)13-16-38(8)31(36)28(42)21-26-27-22-35(5,18-17-34(27,4)19-20-37(26,38)7)32(43)39-24-9-11-25(12-10-24)40(44)45/h9-12,21,27,29-31H,13-20,22H2,1-8H3,(H,39,43)/t27-,29-,30-,31-,34-,35+,36-,37+,38-/m1/s1. The van der Waals surface area contributed by atoms with Crippen LogP contribution in [-0.2, 0) is 19.1 Å². The molecular weight excluding hydrogens is 580 g/mol. The van der Waals surface area contributed by atoms with Gasteiger partial charge in [0.1, 0.15) is 6.10 Å². The first-order valence-corrected chi connectivity index (χ1v) is 17.3. The fraction of sp³-hybridized carbons (Fsp3) is 0.711. The van der Waals surface area contributed by atoms with E-state index in [1.807, 2.05) is 13.0 Å². The van der Waals surface area contributed by atoms with Gasteiger partial charge in [-0.1, -0.05) is 54.0 Å². The summed E-state index contributed by atoms with van der Waals surface area (Å²) in [6, 6.07) is 6.00. The van der Waals surface area contributed by atoms with Gasteiger partial charge in [-0.3, -0.25) is 24.5 Å². The number of nitro benzene ring substituents is 1. The molecule has 0 saturated heterocycles. The second-order valence-corrected chi connectivity index (χ2v) is 17.5. The molecule has 0 spiro atoms. The SMILES string of the molecule is CC(=O)O[C@@H]1CC[C@]2(C)[C@H](CC[C@]3(C)[C@@H]2C(=O)C=C2[C@H]4C[C@@](C)(C(=O)Nc5ccc([N+](=O)[O-])cc5)CC[C@]4(C)CC[C@@]23C)C1(C)C. The number of ether oxygens (including phenoxy) is 1. The second kappa shape index (κ2) is 10.5. The average Bonchev–Trinajstić information content (AvgIpc) is 2.96. The molecule has 0 bridgehead atoms. The van der Waals surface area contributed by atoms with Crippen LogP contribution in [0.15, 0.2) is 35.9 Å². The third kappa shape index (κ3) is 4.62. The quantitative estimate of drug-likeness (QED) is 0.202. The number of hydrogen-bond donors (Lipinski definition) is 1. The van der Waals surface area contributed by atoms with Gasteiger partial charge in [0.2, 0.25) is 5.91 Å². The van der Waals surface area contributed by atoms with Crippen molar-refractivity contribution in [2.45, 2.75) is 119 Å². The van der Waals surface area contributed by atoms with E-state index in [9.17, 15) is 24.5 Å². The molecule has 5 aliphatic rings. The Labute approximate surface area is 273 Å². The fourth-order valence-electron chi connectivity index (χ4n) is 11.7. The lowest BCUT2D eigenvalue weighted by Gasteiger charge is -2.70. The highest BCUT2D eigenvalue weighted by molar-refractivity contribution is 5.97. The molecule has 0 unspecified atom stereocenters. The Morgan fingerprint density at radius 3 is 2.20 bits per heavy atom. The van der Waals surface area contributed by atoms with Gasteiger partial charge >= 0.3 is 5.97 Å². The van der Waals surface area contributed by atoms with Gasteiger partial charge in [0.25, 0.3) is 5.69 Å². The highest BCUT2D eigenvalue weighted by atomic mass is 16.6. The summed E-state index contributed by atoms with van der Waals surface area (Å²) < 4.78 is 5.86. The van der Waals surface area contributed by atoms with Crippen molar-refractivity contribution in [3.63, 3.8) is 0 Å². The number of rotatable bonds is 4. The van der Waals surface area contributed by atoms with Crippen molar-refractivity contribution < 1.29 is 24.0 Å². The first-order valence-electron chi connectivity index (χ1n) is 17.3. The number of carbonyl (C=O) groups excluding carboxylic acids is 3. The third-order valence-electron chi connectivity index (χ3n) is 14.7. The van der Waals surface area contributed by atoms with Gasteiger partial charge in [0, 0.05) is 41.5 Å². The lowest BCUT2D eigenvalue weighted by molar-refractivity contribution is -0.384. The molecule has 0 aromatic heterocycles. The molecule has 250 valence electrons. The number of nitro groups is 1. The van der Waals surface area contributed by atoms with Crippen LogP contribution >= 0.6 is 0 Å². The summed E-state index contributed by atoms with van der Waals surface area (Å²) in [5, 5.41) is 14.2. The van der Waals surface area contributed by atoms with E-state index >= 15 is 0 Å². The summed E-state index contributed by atoms with van der Waals surface area (Å²) in [6.45, 7) is 17.5. The summed E-state index contributed by atoms with van der Waals surface area (Å²) in [5.41, 5.74) is 0.408. The lowest BCUT2D eigenvalue weighted by atomic mass is 9.33. The summed E-state index contributed by atoms with van der Waals surface area (Å²) in [5.74, 6) is 0.236. The van der Waals surface area contributed by atoms with Crippen molar-refractivity contribution >= 4 is 29.0 Å². The average molecular weight is 633 g/mol. The minimum Gasteiger partial charge on any atom is -0.462 e. The van der Waals surface area contributed by atoms with Crippen LogP contribution in [-0.4, -0.2) is 28.7 Å². The fourth-order valence-corrected chi connectivity index (χ4v) is 11.7. The van der Waals surface area contributed by atoms with Crippen molar-refractivity contribution in [3.05, 3.63) is 46.0 Å². The molecule has 1 N–H and O–H groups in total. The van der Waals surface area contributed by atoms with Gasteiger partial charge < -0.3 is 10.1 Å². The lowest BCUT2D eigenvalue weighted by Crippen LogP contribution is -2.66. The summed E-state index contributed by atoms with van der Waals surface area (Å²) >= 11 is 0. The molecule has 0 aliphatic heterocycles. The number of fused-ring (bicyclic) bond motifs is 7. The maximum absolute atomic E-state index is 14.7. The third-order valence-corrected chi connectivity index (χ3v) is 14.7. The Morgan fingerprint density at radius 1 is 0.913 bits per heavy atom. The Bertz CT molecular complexity index is 1520. The number of amides is 1. The van der Waals surface area contributed by atoms with Crippen LogP contribution in [0.1, 0.15) is 113 Å². The summed E-state index contributed by atoms with van der Waals surface area (Å²) in [4.78, 5) is 51.2. The van der Waals surface area contributed by atoms with Crippen LogP contribution < -0.4 is 5.32 Å². The van der Waals surface area contributed by atoms with Crippen LogP contribution in [0, 0.1) is 60.4 Å². The van der Waals surface area contributed by atoms with E-state index in [0.29, 0.717) is 12.1 Å². The van der Waals surface area contributed by atoms with E-state index in [-0.39, 0.29) is 74.3 Å². The van der Waals surface area contributed by atoms with E-state index in [1.165, 1.54) is 24.6 Å². The summed E-state index contributed by atoms with van der Waals surface area (Å²) in [7, 11) is 0. The number of non-ortho nitro benzene ring substituents is 1. The van der Waals surface area contributed by atoms with Gasteiger partial charge in [-0.15, -0.1) is 0 Å². The Morgan fingerprint density at radius 2 is 1.57 bits per heavy atom. The number of allylic oxidation sites excluding steroid dienone is 2. The highest BCUT2D eigenvalue weighted by Crippen LogP contribution is 2.75. The number of benzene rings is 1. The predicted octanol–water partition coefficient (Wildman–Crippen LogP) is 8.45. The molecule has 8 nitrogen and oxygen atoms in total. The second-order valence-electron chi connectivity index (χ2n) is 17.5. The largest absolute Gasteiger partial charge is 0.462 e. The van der Waals surface area contributed by atoms with E-state index in [4.69, 9.17) is 4.74 Å². The number of nitrogens with zero attached hydrogens (tertiary/aromatic N) is 1. The van der Waals surface area contributed by atoms with Gasteiger partial charge in [-0.2, -0.15) is 0 Å². The van der Waals surface area contributed by atoms with Gasteiger partial charge in [0.05, 0.1) is 4.92 Å². The van der Waals surface area contributed by atoms with E-state index in [1.54, 1.807) is 12.1 Å². The smallest absolute Gasteiger partial charge is 0.302 e. The number of carbonyl (C=O) groups is 3. The topological polar surface area (TPSA) is 116 Å². The van der Waals surface area contributed by atoms with Crippen LogP contribution in [0.2, 0.25) is 0 Å². The van der Waals surface area contributed by atoms with Gasteiger partial charge in [-0.25, -0.2) is 0 Å². The maximum atomic E-state index is 14.7. The van der Waals surface area contributed by atoms with Crippen LogP contribution in [0.5, 0.6) is 0 Å². The number of anilines is 1. The highest BCUT2D eigenvalue weighted by Gasteiger charge is 2.70. The van der Waals surface area contributed by atoms with Crippen LogP contribution in [0.3, 0.4) is 0 Å². The van der Waals surface area contributed by atoms with Crippen molar-refractivity contribution in [1.82, 2.24) is 0 Å². The van der Waals surface area contributed by atoms with Crippen molar-refractivity contribution in [3.8, 4) is 0 Å². The Hall–Kier alpha value is -3.03. The van der Waals surface area contributed by atoms with E-state index in [2.05, 4.69) is 46.9 Å². The molecule has 4 fully saturated rings. The minimum atomic E-state index is -0.630. The van der Waals surface area contributed by atoms with Crippen molar-refractivity contribution in [1.29, 1.82) is 0 Å². The molecule has 46 heavy (non-hydrogen) atoms. The number of esters is 1. The molecule has 1 aromatic carbocycles. The first-order chi connectivity index (χ1) is 21.3. The maximum Gasteiger partial charge on any atom is 0.302 e. The molecule has 8 heteroatoms. The van der Waals surface area contributed by atoms with Crippen molar-refractivity contribution in [2.24, 2.45) is 50.2 Å². The monoisotopic (exact) mass is 632 g/mol. The normalized spacial score (nSPS) is 42.7. The molecule has 5 aliphatic carbocycles. The predicted molar refractivity (Wildman–Crippen MR) is 177 cm³/mol. The molecule has 4 saturated carbocycles. The Kier molecular flexibility index (Phi) is 7.50. The van der Waals surface area contributed by atoms with Crippen molar-refractivity contribution in [2.75, 3.05) is 5.32 Å². The number of nitrogens with one attached hydrogen (secondary N) is 1. The molecule has 1 aromatic rings. The molecule has 6 rings (SSSR count). The Balaban J connectivity index is 1.32. The molecule has 1 amide bonds. The van der Waals surface area contributed by atoms with E-state index < -0.39 is 10.3 Å². The zero-order chi connectivity index (χ0) is 33.7. The zero-order valence-electron chi connectivity index (χ0n) is 29.0. The summed E-state index contributed by atoms with van der Waals surface area (Å²) in [6.07, 6.45) is 9.95. The zero-order valence-corrected chi connectivity index (χ0v) is 29.0. The number of hydrogen-bond acceptors (Lipinski definition) is 6. The van der Waals surface area contributed by atoms with Crippen LogP contribution in [0.25, 0.3) is 0 Å². The first kappa shape index (κ1) is 32.9. The van der Waals surface area contributed by atoms with Gasteiger partial charge in [-0.05, 0) is 109 Å². The van der Waals surface area contributed by atoms with Crippen LogP contribution in [0.4, 0.5) is 11.4 Å². The molecule has 9 atom stereocenters. The van der Waals surface area contributed by atoms with E-state index in [0.717, 1.165) is 51.4 Å². The molecular formula is C38H52N2O6. The van der Waals surface area contributed by atoms with Gasteiger partial charge in [0.15, 0.2) is 5.78 Å². The number of ketones is 1. The molecule has 0 heterocycles.